The summed E-state index contributed by atoms with van der Waals surface area (Å²) in [6, 6.07) is 34.5. The first kappa shape index (κ1) is 29.7. The van der Waals surface area contributed by atoms with Crippen molar-refractivity contribution in [2.24, 2.45) is 4.99 Å². The summed E-state index contributed by atoms with van der Waals surface area (Å²) in [5.74, 6) is 1.70. The van der Waals surface area contributed by atoms with Gasteiger partial charge >= 0.3 is 0 Å². The minimum absolute atomic E-state index is 0.000728. The maximum atomic E-state index is 14.3. The zero-order chi connectivity index (χ0) is 30.4. The first-order valence-electron chi connectivity index (χ1n) is 15.2. The van der Waals surface area contributed by atoms with Gasteiger partial charge in [0, 0.05) is 6.54 Å². The van der Waals surface area contributed by atoms with Crippen LogP contribution in [0.5, 0.6) is 5.75 Å². The number of thioether (sulfide) groups is 1. The third-order valence-corrected chi connectivity index (χ3v) is 9.59. The molecule has 7 heteroatoms. The molecule has 0 saturated carbocycles. The van der Waals surface area contributed by atoms with Crippen LogP contribution in [0.25, 0.3) is 11.1 Å². The van der Waals surface area contributed by atoms with E-state index in [4.69, 9.17) is 9.73 Å². The lowest BCUT2D eigenvalue weighted by atomic mass is 9.73. The number of ether oxygens (including phenoxy) is 1. The standard InChI is InChI=1S/C37H37N3O3S/c1-43-28-19-17-26(18-20-28)21-23-38-35(42)37(31-15-7-5-13-29(31)30-14-6-8-16-32(30)37)22-9-10-24-44-36-39-33(25-34(41)40-36)27-11-3-2-4-12-27/h2-8,11-20,36H,9-10,21-25H2,1H3,(H,38,42)(H,40,41). The summed E-state index contributed by atoms with van der Waals surface area (Å²) in [6.07, 6.45) is 3.50. The Labute approximate surface area is 263 Å². The first-order valence-corrected chi connectivity index (χ1v) is 16.3. The molecule has 0 radical (unpaired) electrons. The number of rotatable bonds is 12. The second-order valence-corrected chi connectivity index (χ2v) is 12.4. The molecule has 224 valence electrons. The molecule has 0 aromatic heterocycles. The van der Waals surface area contributed by atoms with Crippen molar-refractivity contribution in [1.82, 2.24) is 10.6 Å². The maximum absolute atomic E-state index is 14.3. The van der Waals surface area contributed by atoms with Crippen molar-refractivity contribution < 1.29 is 14.3 Å². The fourth-order valence-electron chi connectivity index (χ4n) is 6.35. The molecule has 2 aliphatic rings. The second kappa shape index (κ2) is 13.5. The van der Waals surface area contributed by atoms with Gasteiger partial charge in [-0.1, -0.05) is 97.4 Å². The Bertz CT molecular complexity index is 1610. The highest BCUT2D eigenvalue weighted by Crippen LogP contribution is 2.51. The third-order valence-electron chi connectivity index (χ3n) is 8.52. The molecule has 1 atom stereocenters. The highest BCUT2D eigenvalue weighted by Gasteiger charge is 2.48. The van der Waals surface area contributed by atoms with Crippen LogP contribution < -0.4 is 15.4 Å². The molecular formula is C37H37N3O3S. The number of nitrogens with zero attached hydrogens (tertiary/aromatic N) is 1. The maximum Gasteiger partial charge on any atom is 0.235 e. The Morgan fingerprint density at radius 3 is 2.25 bits per heavy atom. The highest BCUT2D eigenvalue weighted by atomic mass is 32.2. The topological polar surface area (TPSA) is 79.8 Å². The molecule has 1 heterocycles. The SMILES string of the molecule is COc1ccc(CCNC(=O)C2(CCCCSC3N=C(c4ccccc4)CC(=O)N3)c3ccccc3-c3ccccc32)cc1. The zero-order valence-corrected chi connectivity index (χ0v) is 25.7. The van der Waals surface area contributed by atoms with Crippen LogP contribution in [0.2, 0.25) is 0 Å². The van der Waals surface area contributed by atoms with Crippen molar-refractivity contribution in [3.8, 4) is 16.9 Å². The van der Waals surface area contributed by atoms with Gasteiger partial charge in [0.25, 0.3) is 0 Å². The van der Waals surface area contributed by atoms with Gasteiger partial charge in [0.2, 0.25) is 11.8 Å². The highest BCUT2D eigenvalue weighted by molar-refractivity contribution is 7.99. The van der Waals surface area contributed by atoms with E-state index in [1.165, 1.54) is 0 Å². The zero-order valence-electron chi connectivity index (χ0n) is 24.9. The number of carbonyl (C=O) groups is 2. The number of benzene rings is 4. The fraction of sp³-hybridized carbons (Fsp3) is 0.270. The summed E-state index contributed by atoms with van der Waals surface area (Å²) < 4.78 is 5.28. The number of unbranched alkanes of at least 4 members (excludes halogenated alkanes) is 1. The van der Waals surface area contributed by atoms with Crippen LogP contribution in [-0.2, 0) is 21.4 Å². The number of nitrogens with one attached hydrogen (secondary N) is 2. The first-order chi connectivity index (χ1) is 21.6. The molecule has 44 heavy (non-hydrogen) atoms. The molecular weight excluding hydrogens is 566 g/mol. The van der Waals surface area contributed by atoms with E-state index in [9.17, 15) is 9.59 Å². The minimum Gasteiger partial charge on any atom is -0.497 e. The summed E-state index contributed by atoms with van der Waals surface area (Å²) >= 11 is 1.65. The number of amides is 2. The van der Waals surface area contributed by atoms with Crippen LogP contribution in [0.15, 0.2) is 108 Å². The molecule has 2 amide bonds. The number of aliphatic imine (C=N–C) groups is 1. The van der Waals surface area contributed by atoms with Gasteiger partial charge in [0.05, 0.1) is 19.2 Å². The van der Waals surface area contributed by atoms with E-state index in [0.717, 1.165) is 69.9 Å². The number of fused-ring (bicyclic) bond motifs is 3. The molecule has 4 aromatic carbocycles. The molecule has 0 fully saturated rings. The van der Waals surface area contributed by atoms with Crippen molar-refractivity contribution in [2.75, 3.05) is 19.4 Å². The quantitative estimate of drug-likeness (QED) is 0.181. The predicted molar refractivity (Wildman–Crippen MR) is 178 cm³/mol. The molecule has 6 rings (SSSR count). The molecule has 0 spiro atoms. The van der Waals surface area contributed by atoms with Gasteiger partial charge in [0.15, 0.2) is 5.50 Å². The minimum atomic E-state index is -0.755. The predicted octanol–water partition coefficient (Wildman–Crippen LogP) is 6.52. The Hall–Kier alpha value is -4.36. The van der Waals surface area contributed by atoms with Crippen LogP contribution in [0.1, 0.15) is 47.9 Å². The molecule has 2 N–H and O–H groups in total. The van der Waals surface area contributed by atoms with Crippen molar-refractivity contribution in [3.63, 3.8) is 0 Å². The van der Waals surface area contributed by atoms with Gasteiger partial charge in [-0.25, -0.2) is 0 Å². The van der Waals surface area contributed by atoms with Gasteiger partial charge in [-0.2, -0.15) is 0 Å². The van der Waals surface area contributed by atoms with Gasteiger partial charge in [-0.15, -0.1) is 11.8 Å². The fourth-order valence-corrected chi connectivity index (χ4v) is 7.36. The van der Waals surface area contributed by atoms with E-state index in [1.807, 2.05) is 78.9 Å². The summed E-state index contributed by atoms with van der Waals surface area (Å²) in [7, 11) is 1.66. The Morgan fingerprint density at radius 2 is 1.57 bits per heavy atom. The molecule has 0 bridgehead atoms. The van der Waals surface area contributed by atoms with E-state index in [0.29, 0.717) is 19.4 Å². The van der Waals surface area contributed by atoms with E-state index in [2.05, 4.69) is 34.9 Å². The lowest BCUT2D eigenvalue weighted by Crippen LogP contribution is -2.45. The van der Waals surface area contributed by atoms with Crippen LogP contribution >= 0.6 is 11.8 Å². The monoisotopic (exact) mass is 603 g/mol. The average molecular weight is 604 g/mol. The van der Waals surface area contributed by atoms with E-state index < -0.39 is 5.41 Å². The third kappa shape index (κ3) is 6.15. The van der Waals surface area contributed by atoms with Gasteiger partial charge in [-0.05, 0) is 70.5 Å². The molecule has 1 unspecified atom stereocenters. The molecule has 4 aromatic rings. The van der Waals surface area contributed by atoms with Crippen LogP contribution in [0.3, 0.4) is 0 Å². The van der Waals surface area contributed by atoms with Gasteiger partial charge in [-0.3, -0.25) is 14.6 Å². The van der Waals surface area contributed by atoms with Crippen LogP contribution in [-0.4, -0.2) is 42.4 Å². The summed E-state index contributed by atoms with van der Waals surface area (Å²) in [4.78, 5) is 31.5. The summed E-state index contributed by atoms with van der Waals surface area (Å²) in [6.45, 7) is 0.552. The molecule has 1 aliphatic carbocycles. The largest absolute Gasteiger partial charge is 0.497 e. The van der Waals surface area contributed by atoms with E-state index >= 15 is 0 Å². The Morgan fingerprint density at radius 1 is 0.909 bits per heavy atom. The average Bonchev–Trinajstić information content (AvgIpc) is 3.35. The van der Waals surface area contributed by atoms with Crippen molar-refractivity contribution in [1.29, 1.82) is 0 Å². The number of hydrogen-bond acceptors (Lipinski definition) is 5. The van der Waals surface area contributed by atoms with Gasteiger partial charge < -0.3 is 15.4 Å². The van der Waals surface area contributed by atoms with Gasteiger partial charge in [0.1, 0.15) is 11.2 Å². The van der Waals surface area contributed by atoms with Crippen LogP contribution in [0, 0.1) is 0 Å². The van der Waals surface area contributed by atoms with E-state index in [1.54, 1.807) is 18.9 Å². The van der Waals surface area contributed by atoms with Crippen molar-refractivity contribution >= 4 is 29.3 Å². The van der Waals surface area contributed by atoms with Crippen molar-refractivity contribution in [3.05, 3.63) is 125 Å². The Kier molecular flexibility index (Phi) is 9.12. The number of hydrogen-bond donors (Lipinski definition) is 2. The second-order valence-electron chi connectivity index (χ2n) is 11.2. The summed E-state index contributed by atoms with van der Waals surface area (Å²) in [5.41, 5.74) is 6.34. The van der Waals surface area contributed by atoms with E-state index in [-0.39, 0.29) is 17.3 Å². The molecule has 0 saturated heterocycles. The smallest absolute Gasteiger partial charge is 0.235 e. The lowest BCUT2D eigenvalue weighted by molar-refractivity contribution is -0.125. The number of methoxy groups -OCH3 is 1. The molecule has 1 aliphatic heterocycles. The normalized spacial score (nSPS) is 16.3. The summed E-state index contributed by atoms with van der Waals surface area (Å²) in [5, 5.41) is 6.31. The molecule has 6 nitrogen and oxygen atoms in total. The van der Waals surface area contributed by atoms with Crippen molar-refractivity contribution in [2.45, 2.75) is 43.0 Å². The van der Waals surface area contributed by atoms with Crippen LogP contribution in [0.4, 0.5) is 0 Å². The Balaban J connectivity index is 1.15. The lowest BCUT2D eigenvalue weighted by Gasteiger charge is -2.31. The number of carbonyl (C=O) groups excluding carboxylic acids is 2.